The Hall–Kier alpha value is -3.93. The fourth-order valence-corrected chi connectivity index (χ4v) is 5.86. The minimum Gasteiger partial charge on any atom is -0.494 e. The first-order valence-corrected chi connectivity index (χ1v) is 14.0. The highest BCUT2D eigenvalue weighted by molar-refractivity contribution is 5.54. The Kier molecular flexibility index (Phi) is 8.57. The van der Waals surface area contributed by atoms with Gasteiger partial charge >= 0.3 is 6.18 Å². The zero-order valence-corrected chi connectivity index (χ0v) is 22.9. The van der Waals surface area contributed by atoms with Gasteiger partial charge in [0.2, 0.25) is 0 Å². The second-order valence-corrected chi connectivity index (χ2v) is 10.6. The van der Waals surface area contributed by atoms with Crippen molar-refractivity contribution in [1.29, 1.82) is 5.26 Å². The Bertz CT molecular complexity index is 1360. The van der Waals surface area contributed by atoms with Crippen molar-refractivity contribution in [3.8, 4) is 17.6 Å². The lowest BCUT2D eigenvalue weighted by atomic mass is 9.94. The number of ether oxygens (including phenoxy) is 2. The van der Waals surface area contributed by atoms with Crippen molar-refractivity contribution in [2.24, 2.45) is 0 Å². The van der Waals surface area contributed by atoms with E-state index in [1.54, 1.807) is 18.2 Å². The molecule has 2 fully saturated rings. The number of anilines is 2. The number of nitriles is 1. The molecule has 2 saturated heterocycles. The number of piperidine rings is 1. The molecule has 41 heavy (non-hydrogen) atoms. The van der Waals surface area contributed by atoms with Crippen LogP contribution in [0.25, 0.3) is 0 Å². The van der Waals surface area contributed by atoms with Crippen LogP contribution in [0.1, 0.15) is 49.7 Å². The van der Waals surface area contributed by atoms with Crippen molar-refractivity contribution in [3.05, 3.63) is 83.7 Å². The summed E-state index contributed by atoms with van der Waals surface area (Å²) in [4.78, 5) is 4.13. The summed E-state index contributed by atoms with van der Waals surface area (Å²) in [5.74, 6) is 1.01. The van der Waals surface area contributed by atoms with E-state index in [9.17, 15) is 22.8 Å². The molecule has 2 heterocycles. The largest absolute Gasteiger partial charge is 0.494 e. The number of halogens is 4. The third kappa shape index (κ3) is 6.70. The van der Waals surface area contributed by atoms with Gasteiger partial charge in [-0.3, -0.25) is 0 Å². The highest BCUT2D eigenvalue weighted by Crippen LogP contribution is 2.39. The number of rotatable bonds is 8. The summed E-state index contributed by atoms with van der Waals surface area (Å²) in [7, 11) is 0. The van der Waals surface area contributed by atoms with Gasteiger partial charge < -0.3 is 19.3 Å². The molecule has 2 aliphatic heterocycles. The summed E-state index contributed by atoms with van der Waals surface area (Å²) >= 11 is 0. The maximum absolute atomic E-state index is 14.5. The molecule has 3 aromatic carbocycles. The molecule has 5 nitrogen and oxygen atoms in total. The van der Waals surface area contributed by atoms with Crippen molar-refractivity contribution in [1.82, 2.24) is 0 Å². The molecule has 3 aromatic rings. The molecule has 216 valence electrons. The smallest absolute Gasteiger partial charge is 0.416 e. The van der Waals surface area contributed by atoms with E-state index >= 15 is 0 Å². The van der Waals surface area contributed by atoms with Gasteiger partial charge in [0.25, 0.3) is 0 Å². The van der Waals surface area contributed by atoms with Crippen molar-refractivity contribution >= 4 is 11.4 Å². The minimum absolute atomic E-state index is 0.00125. The summed E-state index contributed by atoms with van der Waals surface area (Å²) < 4.78 is 66.0. The SMILES string of the molecule is CCOc1ccc(F)c(N2CCC(Oc3ccc(N4C[C@H](c5cccc(C(F)(F)F)c5)C[C@@H]4CC#N)cc3)CC2)c1. The average Bonchev–Trinajstić information content (AvgIpc) is 3.39. The molecule has 0 unspecified atom stereocenters. The Labute approximate surface area is 237 Å². The fourth-order valence-electron chi connectivity index (χ4n) is 5.86. The topological polar surface area (TPSA) is 48.7 Å². The van der Waals surface area contributed by atoms with Crippen LogP contribution in [0.3, 0.4) is 0 Å². The van der Waals surface area contributed by atoms with E-state index in [4.69, 9.17) is 9.47 Å². The van der Waals surface area contributed by atoms with Crippen LogP contribution >= 0.6 is 0 Å². The summed E-state index contributed by atoms with van der Waals surface area (Å²) in [5.41, 5.74) is 1.44. The lowest BCUT2D eigenvalue weighted by Gasteiger charge is -2.34. The monoisotopic (exact) mass is 567 g/mol. The molecule has 2 aliphatic rings. The standard InChI is InChI=1S/C32H33F4N3O2/c1-2-40-29-10-11-30(33)31(20-29)38-16-13-28(14-17-38)41-27-8-6-25(7-9-27)39-21-23(19-26(39)12-15-37)22-4-3-5-24(18-22)32(34,35)36/h3-11,18,20,23,26,28H,2,12-14,16-17,19,21H2,1H3/t23-,26+/m1/s1. The number of nitrogens with zero attached hydrogens (tertiary/aromatic N) is 3. The molecule has 0 aliphatic carbocycles. The average molecular weight is 568 g/mol. The van der Waals surface area contributed by atoms with Crippen molar-refractivity contribution in [2.75, 3.05) is 36.0 Å². The summed E-state index contributed by atoms with van der Waals surface area (Å²) in [5, 5.41) is 9.39. The van der Waals surface area contributed by atoms with Gasteiger partial charge in [-0.25, -0.2) is 4.39 Å². The maximum atomic E-state index is 14.5. The Morgan fingerprint density at radius 2 is 1.71 bits per heavy atom. The van der Waals surface area contributed by atoms with Crippen LogP contribution < -0.4 is 19.3 Å². The summed E-state index contributed by atoms with van der Waals surface area (Å²) in [6.07, 6.45) is -2.00. The normalized spacial score (nSPS) is 19.7. The van der Waals surface area contributed by atoms with Crippen LogP contribution in [-0.4, -0.2) is 38.4 Å². The third-order valence-corrected chi connectivity index (χ3v) is 7.91. The Morgan fingerprint density at radius 1 is 0.976 bits per heavy atom. The van der Waals surface area contributed by atoms with Crippen LogP contribution in [0.5, 0.6) is 11.5 Å². The van der Waals surface area contributed by atoms with Gasteiger partial charge in [0.05, 0.1) is 30.3 Å². The van der Waals surface area contributed by atoms with E-state index in [1.807, 2.05) is 36.1 Å². The van der Waals surface area contributed by atoms with Gasteiger partial charge in [-0.2, -0.15) is 18.4 Å². The van der Waals surface area contributed by atoms with Crippen LogP contribution in [0.4, 0.5) is 28.9 Å². The predicted molar refractivity (Wildman–Crippen MR) is 150 cm³/mol. The van der Waals surface area contributed by atoms with Crippen LogP contribution in [0, 0.1) is 17.1 Å². The second-order valence-electron chi connectivity index (χ2n) is 10.6. The predicted octanol–water partition coefficient (Wildman–Crippen LogP) is 7.57. The van der Waals surface area contributed by atoms with Crippen molar-refractivity contribution in [3.63, 3.8) is 0 Å². The number of hydrogen-bond donors (Lipinski definition) is 0. The molecular formula is C32H33F4N3O2. The Balaban J connectivity index is 1.21. The highest BCUT2D eigenvalue weighted by Gasteiger charge is 2.35. The molecule has 0 N–H and O–H groups in total. The van der Waals surface area contributed by atoms with Gasteiger partial charge in [0.1, 0.15) is 23.4 Å². The van der Waals surface area contributed by atoms with E-state index < -0.39 is 11.7 Å². The highest BCUT2D eigenvalue weighted by atomic mass is 19.4. The quantitative estimate of drug-likeness (QED) is 0.263. The fraction of sp³-hybridized carbons (Fsp3) is 0.406. The zero-order chi connectivity index (χ0) is 29.0. The minimum atomic E-state index is -4.39. The van der Waals surface area contributed by atoms with Gasteiger partial charge in [-0.05, 0) is 61.4 Å². The summed E-state index contributed by atoms with van der Waals surface area (Å²) in [6, 6.07) is 20.1. The van der Waals surface area contributed by atoms with Gasteiger partial charge in [-0.1, -0.05) is 18.2 Å². The van der Waals surface area contributed by atoms with Gasteiger partial charge in [0.15, 0.2) is 0 Å². The molecule has 0 aromatic heterocycles. The number of alkyl halides is 3. The van der Waals surface area contributed by atoms with Gasteiger partial charge in [0, 0.05) is 56.2 Å². The first kappa shape index (κ1) is 28.6. The number of hydrogen-bond acceptors (Lipinski definition) is 5. The zero-order valence-electron chi connectivity index (χ0n) is 22.9. The van der Waals surface area contributed by atoms with Crippen molar-refractivity contribution < 1.29 is 27.0 Å². The maximum Gasteiger partial charge on any atom is 0.416 e. The lowest BCUT2D eigenvalue weighted by molar-refractivity contribution is -0.137. The first-order valence-electron chi connectivity index (χ1n) is 14.0. The van der Waals surface area contributed by atoms with Crippen LogP contribution in [0.15, 0.2) is 66.7 Å². The Morgan fingerprint density at radius 3 is 2.39 bits per heavy atom. The lowest BCUT2D eigenvalue weighted by Crippen LogP contribution is -2.38. The third-order valence-electron chi connectivity index (χ3n) is 7.91. The van der Waals surface area contributed by atoms with E-state index in [0.717, 1.165) is 30.3 Å². The second kappa shape index (κ2) is 12.3. The van der Waals surface area contributed by atoms with Crippen LogP contribution in [-0.2, 0) is 6.18 Å². The molecular weight excluding hydrogens is 534 g/mol. The number of benzene rings is 3. The first-order chi connectivity index (χ1) is 19.7. The van der Waals surface area contributed by atoms with E-state index in [-0.39, 0.29) is 23.9 Å². The van der Waals surface area contributed by atoms with E-state index in [0.29, 0.717) is 56.1 Å². The molecule has 2 atom stereocenters. The molecule has 0 saturated carbocycles. The van der Waals surface area contributed by atoms with Gasteiger partial charge in [-0.15, -0.1) is 0 Å². The van der Waals surface area contributed by atoms with E-state index in [2.05, 4.69) is 11.0 Å². The molecule has 0 spiro atoms. The molecule has 0 amide bonds. The molecule has 0 radical (unpaired) electrons. The summed E-state index contributed by atoms with van der Waals surface area (Å²) in [6.45, 7) is 4.28. The molecule has 0 bridgehead atoms. The molecule has 9 heteroatoms. The van der Waals surface area contributed by atoms with E-state index in [1.165, 1.54) is 18.2 Å². The van der Waals surface area contributed by atoms with Crippen molar-refractivity contribution in [2.45, 2.75) is 56.8 Å². The molecule has 5 rings (SSSR count). The van der Waals surface area contributed by atoms with Crippen LogP contribution in [0.2, 0.25) is 0 Å².